The Labute approximate surface area is 160 Å². The van der Waals surface area contributed by atoms with Crippen molar-refractivity contribution >= 4 is 5.57 Å². The average Bonchev–Trinajstić information content (AvgIpc) is 3.07. The Morgan fingerprint density at radius 3 is 2.25 bits per heavy atom. The summed E-state index contributed by atoms with van der Waals surface area (Å²) in [7, 11) is 0. The third-order valence-electron chi connectivity index (χ3n) is 5.36. The maximum absolute atomic E-state index is 2.45. The topological polar surface area (TPSA) is 0 Å². The summed E-state index contributed by atoms with van der Waals surface area (Å²) in [6, 6.07) is 15.8. The molecule has 2 aliphatic carbocycles. The molecule has 0 saturated heterocycles. The number of hydrogen-bond acceptors (Lipinski definition) is 0. The van der Waals surface area contributed by atoms with Gasteiger partial charge >= 0.3 is 161 Å². The summed E-state index contributed by atoms with van der Waals surface area (Å²) in [5, 5.41) is 0. The van der Waals surface area contributed by atoms with Crippen LogP contribution in [0.5, 0.6) is 0 Å². The first-order valence-corrected chi connectivity index (χ1v) is 10.2. The summed E-state index contributed by atoms with van der Waals surface area (Å²) in [5.74, 6) is 0.498. The molecule has 0 radical (unpaired) electrons. The number of rotatable bonds is 1. The number of hydrogen-bond donors (Lipinski definition) is 0. The number of benzene rings is 2. The predicted molar refractivity (Wildman–Crippen MR) is 98.4 cm³/mol. The van der Waals surface area contributed by atoms with Crippen LogP contribution >= 0.6 is 0 Å². The molecule has 2 aliphatic rings. The monoisotopic (exact) mass is 389 g/mol. The van der Waals surface area contributed by atoms with Crippen LogP contribution in [0.25, 0.3) is 16.7 Å². The molecule has 24 heavy (non-hydrogen) atoms. The molecule has 0 amide bonds. The van der Waals surface area contributed by atoms with E-state index in [4.69, 9.17) is 0 Å². The van der Waals surface area contributed by atoms with E-state index in [1.807, 2.05) is 0 Å². The van der Waals surface area contributed by atoms with Gasteiger partial charge in [0.2, 0.25) is 0 Å². The van der Waals surface area contributed by atoms with Gasteiger partial charge in [0.1, 0.15) is 0 Å². The predicted octanol–water partition coefficient (Wildman–Crippen LogP) is 6.31. The van der Waals surface area contributed by atoms with E-state index in [1.165, 1.54) is 33.4 Å². The Balaban J connectivity index is 1.87. The van der Waals surface area contributed by atoms with Gasteiger partial charge in [0.25, 0.3) is 0 Å². The Hall–Kier alpha value is -1.20. The zero-order chi connectivity index (χ0) is 17.1. The fourth-order valence-electron chi connectivity index (χ4n) is 4.01. The Kier molecular flexibility index (Phi) is 3.84. The first-order chi connectivity index (χ1) is 11.4. The number of allylic oxidation sites excluding steroid dienone is 4. The van der Waals surface area contributed by atoms with Gasteiger partial charge in [-0.1, -0.05) is 0 Å². The van der Waals surface area contributed by atoms with Gasteiger partial charge in [0, 0.05) is 0 Å². The summed E-state index contributed by atoms with van der Waals surface area (Å²) in [6.07, 6.45) is 4.90. The van der Waals surface area contributed by atoms with Gasteiger partial charge in [-0.3, -0.25) is 0 Å². The average molecular weight is 391 g/mol. The third-order valence-corrected chi connectivity index (χ3v) is 6.84. The summed E-state index contributed by atoms with van der Waals surface area (Å²) >= 11 is 1.58. The molecule has 0 fully saturated rings. The molecule has 2 aromatic carbocycles. The fourth-order valence-corrected chi connectivity index (χ4v) is 5.39. The molecule has 0 heterocycles. The fraction of sp³-hybridized carbons (Fsp3) is 0.304. The quantitative estimate of drug-likeness (QED) is 0.535. The second-order valence-corrected chi connectivity index (χ2v) is 9.47. The van der Waals surface area contributed by atoms with E-state index in [0.717, 1.165) is 0 Å². The van der Waals surface area contributed by atoms with Crippen LogP contribution in [-0.4, -0.2) is 0 Å². The van der Waals surface area contributed by atoms with E-state index in [0.29, 0.717) is 9.54 Å². The molecule has 0 aromatic heterocycles. The molecule has 2 atom stereocenters. The second-order valence-electron chi connectivity index (χ2n) is 8.05. The SMILES string of the molecule is CC1C=C(C(C)(C)C)C=C1c1cccc2c1[CH]([Zr])c1ccccc1-2. The van der Waals surface area contributed by atoms with Crippen LogP contribution in [0.15, 0.2) is 60.2 Å². The van der Waals surface area contributed by atoms with Crippen molar-refractivity contribution in [1.82, 2.24) is 0 Å². The van der Waals surface area contributed by atoms with Crippen molar-refractivity contribution < 1.29 is 24.7 Å². The van der Waals surface area contributed by atoms with Crippen molar-refractivity contribution in [3.63, 3.8) is 0 Å². The standard InChI is InChI=1S/C23H23.Zr/c1-15-12-17(23(2,3)4)14-21(15)20-11-7-10-19-18-9-6-5-8-16(18)13-22(19)20;/h5-15H,1-4H3;. The van der Waals surface area contributed by atoms with Crippen LogP contribution in [0.2, 0.25) is 0 Å². The molecule has 0 aliphatic heterocycles. The van der Waals surface area contributed by atoms with Crippen molar-refractivity contribution in [3.05, 3.63) is 76.9 Å². The van der Waals surface area contributed by atoms with Crippen molar-refractivity contribution in [2.45, 2.75) is 31.3 Å². The molecule has 4 rings (SSSR count). The normalized spacial score (nSPS) is 22.0. The van der Waals surface area contributed by atoms with E-state index in [-0.39, 0.29) is 5.41 Å². The second kappa shape index (κ2) is 5.67. The van der Waals surface area contributed by atoms with E-state index in [2.05, 4.69) is 82.3 Å². The van der Waals surface area contributed by atoms with Gasteiger partial charge in [-0.2, -0.15) is 0 Å². The van der Waals surface area contributed by atoms with Crippen LogP contribution < -0.4 is 0 Å². The maximum atomic E-state index is 2.45. The summed E-state index contributed by atoms with van der Waals surface area (Å²) in [4.78, 5) is 0. The van der Waals surface area contributed by atoms with Crippen molar-refractivity contribution in [1.29, 1.82) is 0 Å². The van der Waals surface area contributed by atoms with Crippen LogP contribution in [0.3, 0.4) is 0 Å². The van der Waals surface area contributed by atoms with Crippen molar-refractivity contribution in [3.8, 4) is 11.1 Å². The number of fused-ring (bicyclic) bond motifs is 3. The van der Waals surface area contributed by atoms with Gasteiger partial charge in [0.05, 0.1) is 0 Å². The van der Waals surface area contributed by atoms with Crippen LogP contribution in [-0.2, 0) is 24.7 Å². The molecule has 0 bridgehead atoms. The van der Waals surface area contributed by atoms with E-state index < -0.39 is 0 Å². The van der Waals surface area contributed by atoms with E-state index in [9.17, 15) is 0 Å². The molecule has 0 N–H and O–H groups in total. The summed E-state index contributed by atoms with van der Waals surface area (Å²) in [5.41, 5.74) is 10.6. The zero-order valence-electron chi connectivity index (χ0n) is 14.9. The van der Waals surface area contributed by atoms with E-state index >= 15 is 0 Å². The summed E-state index contributed by atoms with van der Waals surface area (Å²) < 4.78 is 0.561. The van der Waals surface area contributed by atoms with Crippen LogP contribution in [0.4, 0.5) is 0 Å². The molecular weight excluding hydrogens is 367 g/mol. The Bertz CT molecular complexity index is 877. The molecule has 2 aromatic rings. The zero-order valence-corrected chi connectivity index (χ0v) is 17.3. The molecule has 0 spiro atoms. The first kappa shape index (κ1) is 16.3. The molecule has 1 heteroatoms. The van der Waals surface area contributed by atoms with Gasteiger partial charge in [-0.25, -0.2) is 0 Å². The minimum atomic E-state index is 0.216. The molecule has 119 valence electrons. The van der Waals surface area contributed by atoms with Gasteiger partial charge in [0.15, 0.2) is 0 Å². The molecule has 0 saturated carbocycles. The van der Waals surface area contributed by atoms with Crippen molar-refractivity contribution in [2.75, 3.05) is 0 Å². The van der Waals surface area contributed by atoms with Gasteiger partial charge in [-0.15, -0.1) is 0 Å². The summed E-state index contributed by atoms with van der Waals surface area (Å²) in [6.45, 7) is 9.26. The van der Waals surface area contributed by atoms with Gasteiger partial charge in [-0.05, 0) is 0 Å². The van der Waals surface area contributed by atoms with E-state index in [1.54, 1.807) is 30.3 Å². The van der Waals surface area contributed by atoms with Crippen LogP contribution in [0.1, 0.15) is 48.0 Å². The third kappa shape index (κ3) is 2.44. The first-order valence-electron chi connectivity index (χ1n) is 8.75. The Morgan fingerprint density at radius 1 is 0.875 bits per heavy atom. The Morgan fingerprint density at radius 2 is 1.54 bits per heavy atom. The van der Waals surface area contributed by atoms with Crippen molar-refractivity contribution in [2.24, 2.45) is 11.3 Å². The molecule has 2 unspecified atom stereocenters. The minimum absolute atomic E-state index is 0.216. The molecular formula is C23H23Zr. The van der Waals surface area contributed by atoms with Gasteiger partial charge < -0.3 is 0 Å². The van der Waals surface area contributed by atoms with Crippen LogP contribution in [0, 0.1) is 11.3 Å². The molecule has 0 nitrogen and oxygen atoms in total.